The lowest BCUT2D eigenvalue weighted by atomic mass is 9.94. The number of rotatable bonds is 7. The Kier molecular flexibility index (Phi) is 6.50. The summed E-state index contributed by atoms with van der Waals surface area (Å²) in [5.74, 6) is -0.861. The van der Waals surface area contributed by atoms with E-state index in [4.69, 9.17) is 4.74 Å². The standard InChI is InChI=1S/C23H30N4O4/c1-14-18(15(2)26(5)24-14)21(28)19-20(16-9-7-10-17(13-16)31-6)27(23(30)22(19)29)12-8-11-25(3)4/h7,9-10,13,20,28H,8,11-12H2,1-6H3/b21-19+/t20-/m1/s1. The minimum absolute atomic E-state index is 0.0855. The molecule has 1 aromatic carbocycles. The van der Waals surface area contributed by atoms with E-state index in [0.717, 1.165) is 12.2 Å². The maximum atomic E-state index is 13.1. The quantitative estimate of drug-likeness (QED) is 0.416. The molecule has 1 atom stereocenters. The molecular weight excluding hydrogens is 396 g/mol. The number of ketones is 1. The molecule has 0 saturated carbocycles. The van der Waals surface area contributed by atoms with Gasteiger partial charge in [0.15, 0.2) is 0 Å². The molecule has 1 fully saturated rings. The SMILES string of the molecule is COc1cccc([C@@H]2/C(=C(\O)c3c(C)nn(C)c3C)C(=O)C(=O)N2CCCN(C)C)c1. The molecule has 0 aliphatic carbocycles. The molecule has 1 aromatic heterocycles. The molecule has 0 radical (unpaired) electrons. The molecule has 2 aromatic rings. The Hall–Kier alpha value is -3.13. The van der Waals surface area contributed by atoms with Crippen molar-refractivity contribution in [3.05, 3.63) is 52.4 Å². The van der Waals surface area contributed by atoms with E-state index in [1.165, 1.54) is 0 Å². The lowest BCUT2D eigenvalue weighted by molar-refractivity contribution is -0.139. The largest absolute Gasteiger partial charge is 0.507 e. The molecule has 1 aliphatic heterocycles. The number of benzene rings is 1. The number of nitrogens with zero attached hydrogens (tertiary/aromatic N) is 4. The monoisotopic (exact) mass is 426 g/mol. The Morgan fingerprint density at radius 2 is 1.97 bits per heavy atom. The van der Waals surface area contributed by atoms with Crippen LogP contribution in [0.4, 0.5) is 0 Å². The van der Waals surface area contributed by atoms with Crippen LogP contribution in [0.25, 0.3) is 5.76 Å². The maximum Gasteiger partial charge on any atom is 0.295 e. The lowest BCUT2D eigenvalue weighted by Gasteiger charge is -2.26. The number of aryl methyl sites for hydroxylation is 2. The first-order valence-electron chi connectivity index (χ1n) is 10.2. The summed E-state index contributed by atoms with van der Waals surface area (Å²) in [6, 6.07) is 6.56. The van der Waals surface area contributed by atoms with Gasteiger partial charge in [0, 0.05) is 19.3 Å². The molecule has 1 aliphatic rings. The van der Waals surface area contributed by atoms with Crippen molar-refractivity contribution in [2.45, 2.75) is 26.3 Å². The second-order valence-corrected chi connectivity index (χ2v) is 8.10. The summed E-state index contributed by atoms with van der Waals surface area (Å²) < 4.78 is 7.00. The number of aliphatic hydroxyl groups excluding tert-OH is 1. The number of ether oxygens (including phenoxy) is 1. The van der Waals surface area contributed by atoms with Crippen molar-refractivity contribution in [2.24, 2.45) is 7.05 Å². The Balaban J connectivity index is 2.17. The lowest BCUT2D eigenvalue weighted by Crippen LogP contribution is -2.32. The molecule has 3 rings (SSSR count). The van der Waals surface area contributed by atoms with Crippen LogP contribution in [-0.4, -0.2) is 70.7 Å². The smallest absolute Gasteiger partial charge is 0.295 e. The van der Waals surface area contributed by atoms with Crippen LogP contribution in [-0.2, 0) is 16.6 Å². The molecule has 1 amide bonds. The zero-order valence-corrected chi connectivity index (χ0v) is 19.0. The van der Waals surface area contributed by atoms with E-state index in [2.05, 4.69) is 5.10 Å². The second kappa shape index (κ2) is 8.93. The van der Waals surface area contributed by atoms with Gasteiger partial charge in [-0.15, -0.1) is 0 Å². The highest BCUT2D eigenvalue weighted by Gasteiger charge is 2.46. The second-order valence-electron chi connectivity index (χ2n) is 8.10. The number of Topliss-reactive ketones (excluding diaryl/α,β-unsaturated/α-hetero) is 1. The van der Waals surface area contributed by atoms with Gasteiger partial charge in [0.2, 0.25) is 0 Å². The number of likely N-dealkylation sites (tertiary alicyclic amines) is 1. The Morgan fingerprint density at radius 3 is 2.55 bits per heavy atom. The molecule has 1 N–H and O–H groups in total. The molecule has 31 heavy (non-hydrogen) atoms. The third-order valence-electron chi connectivity index (χ3n) is 5.70. The number of aliphatic hydroxyl groups is 1. The average molecular weight is 427 g/mol. The summed E-state index contributed by atoms with van der Waals surface area (Å²) in [4.78, 5) is 29.7. The van der Waals surface area contributed by atoms with Gasteiger partial charge in [0.25, 0.3) is 11.7 Å². The van der Waals surface area contributed by atoms with E-state index in [1.807, 2.05) is 38.1 Å². The zero-order chi connectivity index (χ0) is 22.9. The normalized spacial score (nSPS) is 18.3. The van der Waals surface area contributed by atoms with Crippen LogP contribution in [0.2, 0.25) is 0 Å². The zero-order valence-electron chi connectivity index (χ0n) is 19.0. The number of methoxy groups -OCH3 is 1. The van der Waals surface area contributed by atoms with Crippen LogP contribution < -0.4 is 4.74 Å². The van der Waals surface area contributed by atoms with E-state index in [-0.39, 0.29) is 11.3 Å². The number of hydrogen-bond donors (Lipinski definition) is 1. The van der Waals surface area contributed by atoms with Gasteiger partial charge >= 0.3 is 0 Å². The molecule has 2 heterocycles. The predicted octanol–water partition coefficient (Wildman–Crippen LogP) is 2.42. The van der Waals surface area contributed by atoms with Crippen molar-refractivity contribution in [1.29, 1.82) is 0 Å². The van der Waals surface area contributed by atoms with Crippen LogP contribution in [0.1, 0.15) is 35.0 Å². The number of hydrogen-bond acceptors (Lipinski definition) is 6. The fourth-order valence-corrected chi connectivity index (χ4v) is 4.08. The molecule has 0 bridgehead atoms. The molecule has 8 heteroatoms. The number of aromatic nitrogens is 2. The van der Waals surface area contributed by atoms with E-state index < -0.39 is 17.7 Å². The minimum Gasteiger partial charge on any atom is -0.507 e. The van der Waals surface area contributed by atoms with Gasteiger partial charge in [0.05, 0.1) is 30.0 Å². The van der Waals surface area contributed by atoms with Crippen molar-refractivity contribution in [2.75, 3.05) is 34.3 Å². The number of carbonyl (C=O) groups is 2. The van der Waals surface area contributed by atoms with Crippen LogP contribution in [0.3, 0.4) is 0 Å². The van der Waals surface area contributed by atoms with Crippen molar-refractivity contribution in [3.63, 3.8) is 0 Å². The Morgan fingerprint density at radius 1 is 1.26 bits per heavy atom. The highest BCUT2D eigenvalue weighted by atomic mass is 16.5. The first kappa shape index (κ1) is 22.6. The first-order valence-corrected chi connectivity index (χ1v) is 10.2. The van der Waals surface area contributed by atoms with Crippen LogP contribution in [0.15, 0.2) is 29.8 Å². The van der Waals surface area contributed by atoms with Crippen molar-refractivity contribution in [1.82, 2.24) is 19.6 Å². The summed E-state index contributed by atoms with van der Waals surface area (Å²) in [6.45, 7) is 4.76. The molecule has 166 valence electrons. The molecular formula is C23H30N4O4. The van der Waals surface area contributed by atoms with Gasteiger partial charge in [-0.05, 0) is 58.6 Å². The maximum absolute atomic E-state index is 13.1. The minimum atomic E-state index is -0.698. The van der Waals surface area contributed by atoms with Gasteiger partial charge in [-0.3, -0.25) is 14.3 Å². The fraction of sp³-hybridized carbons (Fsp3) is 0.435. The van der Waals surface area contributed by atoms with E-state index in [9.17, 15) is 14.7 Å². The van der Waals surface area contributed by atoms with Crippen molar-refractivity contribution >= 4 is 17.4 Å². The first-order chi connectivity index (χ1) is 14.7. The number of amides is 1. The van der Waals surface area contributed by atoms with Crippen molar-refractivity contribution in [3.8, 4) is 5.75 Å². The van der Waals surface area contributed by atoms with Gasteiger partial charge in [-0.25, -0.2) is 0 Å². The Bertz CT molecular complexity index is 1040. The average Bonchev–Trinajstić information content (AvgIpc) is 3.13. The molecule has 0 unspecified atom stereocenters. The topological polar surface area (TPSA) is 87.9 Å². The Labute approximate surface area is 182 Å². The van der Waals surface area contributed by atoms with Crippen LogP contribution >= 0.6 is 0 Å². The fourth-order valence-electron chi connectivity index (χ4n) is 4.08. The van der Waals surface area contributed by atoms with E-state index >= 15 is 0 Å². The van der Waals surface area contributed by atoms with Crippen LogP contribution in [0.5, 0.6) is 5.75 Å². The highest BCUT2D eigenvalue weighted by molar-refractivity contribution is 6.46. The summed E-state index contributed by atoms with van der Waals surface area (Å²) in [5, 5.41) is 15.6. The summed E-state index contributed by atoms with van der Waals surface area (Å²) in [5.41, 5.74) is 2.60. The summed E-state index contributed by atoms with van der Waals surface area (Å²) in [7, 11) is 7.26. The summed E-state index contributed by atoms with van der Waals surface area (Å²) in [6.07, 6.45) is 0.700. The van der Waals surface area contributed by atoms with E-state index in [0.29, 0.717) is 35.5 Å². The molecule has 8 nitrogen and oxygen atoms in total. The third-order valence-corrected chi connectivity index (χ3v) is 5.70. The van der Waals surface area contributed by atoms with Gasteiger partial charge in [0.1, 0.15) is 11.5 Å². The third kappa shape index (κ3) is 4.20. The summed E-state index contributed by atoms with van der Waals surface area (Å²) >= 11 is 0. The van der Waals surface area contributed by atoms with Crippen molar-refractivity contribution < 1.29 is 19.4 Å². The van der Waals surface area contributed by atoms with Gasteiger partial charge in [-0.1, -0.05) is 12.1 Å². The predicted molar refractivity (Wildman–Crippen MR) is 118 cm³/mol. The van der Waals surface area contributed by atoms with Gasteiger partial charge in [-0.2, -0.15) is 5.10 Å². The van der Waals surface area contributed by atoms with E-state index in [1.54, 1.807) is 42.8 Å². The highest BCUT2D eigenvalue weighted by Crippen LogP contribution is 2.41. The molecule has 1 saturated heterocycles. The number of carbonyl (C=O) groups excluding carboxylic acids is 2. The van der Waals surface area contributed by atoms with Gasteiger partial charge < -0.3 is 19.6 Å². The van der Waals surface area contributed by atoms with Crippen LogP contribution in [0, 0.1) is 13.8 Å². The molecule has 0 spiro atoms.